The number of halogens is 3. The van der Waals surface area contributed by atoms with Crippen molar-refractivity contribution in [2.45, 2.75) is 30.1 Å². The number of piperazine rings is 1. The molecule has 0 spiro atoms. The molecule has 170 valence electrons. The second-order valence-electron chi connectivity index (χ2n) is 6.86. The van der Waals surface area contributed by atoms with Gasteiger partial charge < -0.3 is 15.0 Å². The van der Waals surface area contributed by atoms with Crippen LogP contribution in [0, 0.1) is 0 Å². The first-order valence-electron chi connectivity index (χ1n) is 9.21. The Labute approximate surface area is 175 Å². The number of amides is 4. The first-order valence-corrected chi connectivity index (χ1v) is 10.6. The van der Waals surface area contributed by atoms with E-state index in [1.165, 1.54) is 4.90 Å². The zero-order valence-electron chi connectivity index (χ0n) is 16.0. The fraction of sp³-hybridized carbons (Fsp3) is 0.471. The van der Waals surface area contributed by atoms with Gasteiger partial charge in [0.05, 0.1) is 4.90 Å². The molecule has 2 saturated heterocycles. The van der Waals surface area contributed by atoms with E-state index < -0.39 is 40.1 Å². The van der Waals surface area contributed by atoms with Crippen molar-refractivity contribution >= 4 is 27.9 Å². The number of carbonyl (C=O) groups excluding carboxylic acids is 3. The van der Waals surface area contributed by atoms with Gasteiger partial charge in [0.1, 0.15) is 11.8 Å². The Kier molecular flexibility index (Phi) is 6.40. The average Bonchev–Trinajstić information content (AvgIpc) is 3.02. The predicted octanol–water partition coefficient (Wildman–Crippen LogP) is 0.406. The van der Waals surface area contributed by atoms with Crippen molar-refractivity contribution in [3.05, 3.63) is 24.3 Å². The highest BCUT2D eigenvalue weighted by Gasteiger charge is 2.34. The highest BCUT2D eigenvalue weighted by atomic mass is 32.2. The first-order chi connectivity index (χ1) is 14.5. The van der Waals surface area contributed by atoms with Crippen LogP contribution >= 0.6 is 0 Å². The van der Waals surface area contributed by atoms with Gasteiger partial charge in [0.15, 0.2) is 0 Å². The van der Waals surface area contributed by atoms with Crippen molar-refractivity contribution in [1.82, 2.24) is 19.8 Å². The molecule has 0 bridgehead atoms. The van der Waals surface area contributed by atoms with Crippen LogP contribution in [0.2, 0.25) is 0 Å². The largest absolute Gasteiger partial charge is 0.573 e. The molecule has 1 atom stereocenters. The van der Waals surface area contributed by atoms with Crippen LogP contribution in [0.1, 0.15) is 12.8 Å². The van der Waals surface area contributed by atoms with Crippen molar-refractivity contribution in [1.29, 1.82) is 0 Å². The quantitative estimate of drug-likeness (QED) is 0.588. The molecule has 2 aliphatic rings. The van der Waals surface area contributed by atoms with E-state index in [4.69, 9.17) is 0 Å². The number of rotatable bonds is 6. The van der Waals surface area contributed by atoms with E-state index in [0.29, 0.717) is 0 Å². The van der Waals surface area contributed by atoms with E-state index in [1.807, 2.05) is 0 Å². The minimum atomic E-state index is -4.88. The van der Waals surface area contributed by atoms with Gasteiger partial charge in [0, 0.05) is 32.6 Å². The van der Waals surface area contributed by atoms with Crippen LogP contribution in [0.4, 0.5) is 18.0 Å². The number of urea groups is 1. The Morgan fingerprint density at radius 3 is 2.23 bits per heavy atom. The predicted molar refractivity (Wildman–Crippen MR) is 98.2 cm³/mol. The summed E-state index contributed by atoms with van der Waals surface area (Å²) in [5.74, 6) is -1.31. The molecule has 14 heteroatoms. The molecule has 10 nitrogen and oxygen atoms in total. The van der Waals surface area contributed by atoms with Gasteiger partial charge in [-0.1, -0.05) is 0 Å². The monoisotopic (exact) mass is 464 g/mol. The molecule has 31 heavy (non-hydrogen) atoms. The number of hydrogen-bond acceptors (Lipinski definition) is 6. The highest BCUT2D eigenvalue weighted by molar-refractivity contribution is 7.89. The van der Waals surface area contributed by atoms with Gasteiger partial charge in [-0.2, -0.15) is 4.31 Å². The Balaban J connectivity index is 1.52. The number of alkyl halides is 3. The number of carbonyl (C=O) groups is 3. The minimum absolute atomic E-state index is 0.00574. The average molecular weight is 464 g/mol. The van der Waals surface area contributed by atoms with E-state index in [1.54, 1.807) is 0 Å². The molecular weight excluding hydrogens is 445 g/mol. The van der Waals surface area contributed by atoms with E-state index in [-0.39, 0.29) is 49.8 Å². The number of benzene rings is 1. The Morgan fingerprint density at radius 2 is 1.71 bits per heavy atom. The zero-order valence-corrected chi connectivity index (χ0v) is 16.8. The highest BCUT2D eigenvalue weighted by Crippen LogP contribution is 2.25. The van der Waals surface area contributed by atoms with E-state index in [0.717, 1.165) is 28.6 Å². The maximum absolute atomic E-state index is 12.7. The molecule has 3 rings (SSSR count). The van der Waals surface area contributed by atoms with Crippen LogP contribution < -0.4 is 15.4 Å². The van der Waals surface area contributed by atoms with Crippen molar-refractivity contribution in [3.63, 3.8) is 0 Å². The molecule has 2 heterocycles. The lowest BCUT2D eigenvalue weighted by Crippen LogP contribution is -2.50. The van der Waals surface area contributed by atoms with Crippen LogP contribution in [0.15, 0.2) is 29.2 Å². The summed E-state index contributed by atoms with van der Waals surface area (Å²) in [7, 11) is -3.95. The smallest absolute Gasteiger partial charge is 0.406 e. The molecule has 1 unspecified atom stereocenters. The number of ether oxygens (including phenoxy) is 1. The molecule has 1 aromatic carbocycles. The molecule has 2 aliphatic heterocycles. The van der Waals surface area contributed by atoms with Crippen molar-refractivity contribution < 1.29 is 40.7 Å². The number of nitrogens with zero attached hydrogens (tertiary/aromatic N) is 2. The third kappa shape index (κ3) is 5.64. The van der Waals surface area contributed by atoms with Crippen LogP contribution in [-0.2, 0) is 19.6 Å². The van der Waals surface area contributed by atoms with Gasteiger partial charge in [0.25, 0.3) is 5.91 Å². The molecule has 2 N–H and O–H groups in total. The van der Waals surface area contributed by atoms with E-state index in [2.05, 4.69) is 15.4 Å². The van der Waals surface area contributed by atoms with Crippen molar-refractivity contribution in [2.75, 3.05) is 26.2 Å². The summed E-state index contributed by atoms with van der Waals surface area (Å²) in [6.45, 7) is 0.262. The lowest BCUT2D eigenvalue weighted by Gasteiger charge is -2.34. The normalized spacial score (nSPS) is 20.4. The molecule has 4 amide bonds. The third-order valence-corrected chi connectivity index (χ3v) is 6.70. The number of imide groups is 1. The van der Waals surface area contributed by atoms with E-state index >= 15 is 0 Å². The summed E-state index contributed by atoms with van der Waals surface area (Å²) in [6.07, 6.45) is -4.75. The number of nitrogens with one attached hydrogen (secondary N) is 2. The van der Waals surface area contributed by atoms with Crippen LogP contribution in [0.5, 0.6) is 5.75 Å². The molecular formula is C17H19F3N4O6S. The van der Waals surface area contributed by atoms with Crippen LogP contribution in [0.25, 0.3) is 0 Å². The summed E-state index contributed by atoms with van der Waals surface area (Å²) >= 11 is 0. The second kappa shape index (κ2) is 8.70. The lowest BCUT2D eigenvalue weighted by atomic mass is 10.1. The zero-order chi connectivity index (χ0) is 22.8. The maximum Gasteiger partial charge on any atom is 0.573 e. The summed E-state index contributed by atoms with van der Waals surface area (Å²) < 4.78 is 67.0. The lowest BCUT2D eigenvalue weighted by molar-refractivity contribution is -0.274. The van der Waals surface area contributed by atoms with Gasteiger partial charge in [-0.25, -0.2) is 13.2 Å². The molecule has 0 saturated carbocycles. The number of hydrogen-bond donors (Lipinski definition) is 2. The third-order valence-electron chi connectivity index (χ3n) is 4.79. The summed E-state index contributed by atoms with van der Waals surface area (Å²) in [5, 5.41) is 4.47. The minimum Gasteiger partial charge on any atom is -0.406 e. The van der Waals surface area contributed by atoms with Gasteiger partial charge in [-0.05, 0) is 30.7 Å². The van der Waals surface area contributed by atoms with Crippen molar-refractivity contribution in [3.8, 4) is 5.75 Å². The fourth-order valence-corrected chi connectivity index (χ4v) is 4.65. The standard InChI is InChI=1S/C17H19F3N4O6S/c18-17(19,20)30-11-1-3-12(4-2-11)31(28,29)24-9-7-23(8-10-24)14(25)6-5-13-15(26)22-16(27)21-13/h1-4,13H,5-10H2,(H2,21,22,26,27). The Bertz CT molecular complexity index is 959. The van der Waals surface area contributed by atoms with Gasteiger partial charge in [-0.3, -0.25) is 14.9 Å². The molecule has 2 fully saturated rings. The Hall–Kier alpha value is -2.87. The molecule has 0 radical (unpaired) electrons. The second-order valence-corrected chi connectivity index (χ2v) is 8.80. The molecule has 1 aromatic rings. The van der Waals surface area contributed by atoms with Crippen LogP contribution in [-0.4, -0.2) is 74.1 Å². The van der Waals surface area contributed by atoms with Crippen molar-refractivity contribution in [2.24, 2.45) is 0 Å². The topological polar surface area (TPSA) is 125 Å². The van der Waals surface area contributed by atoms with Gasteiger partial charge in [-0.15, -0.1) is 13.2 Å². The van der Waals surface area contributed by atoms with Gasteiger partial charge >= 0.3 is 12.4 Å². The summed E-state index contributed by atoms with van der Waals surface area (Å²) in [5.41, 5.74) is 0. The summed E-state index contributed by atoms with van der Waals surface area (Å²) in [4.78, 5) is 36.2. The molecule has 0 aliphatic carbocycles. The Morgan fingerprint density at radius 1 is 1.10 bits per heavy atom. The summed E-state index contributed by atoms with van der Waals surface area (Å²) in [6, 6.07) is 2.49. The fourth-order valence-electron chi connectivity index (χ4n) is 3.23. The van der Waals surface area contributed by atoms with E-state index in [9.17, 15) is 36.0 Å². The first kappa shape index (κ1) is 22.8. The number of sulfonamides is 1. The SMILES string of the molecule is O=C1NC(=O)C(CCC(=O)N2CCN(S(=O)(=O)c3ccc(OC(F)(F)F)cc3)CC2)N1. The maximum atomic E-state index is 12.7. The van der Waals surface area contributed by atoms with Gasteiger partial charge in [0.2, 0.25) is 15.9 Å². The van der Waals surface area contributed by atoms with Crippen LogP contribution in [0.3, 0.4) is 0 Å². The molecule has 0 aromatic heterocycles.